The van der Waals surface area contributed by atoms with Gasteiger partial charge in [0.25, 0.3) is 5.91 Å². The van der Waals surface area contributed by atoms with Crippen LogP contribution in [0, 0.1) is 0 Å². The molecule has 33 heavy (non-hydrogen) atoms. The van der Waals surface area contributed by atoms with Gasteiger partial charge in [-0.15, -0.1) is 0 Å². The van der Waals surface area contributed by atoms with Gasteiger partial charge < -0.3 is 24.3 Å². The summed E-state index contributed by atoms with van der Waals surface area (Å²) in [6, 6.07) is 4.76. The SMILES string of the molecule is CCOc1ccc(OCC)c(NC(=O)C(N=Nc2cc(OC)c(Cl)cc2OC)C(C)=O)c1Cl. The van der Waals surface area contributed by atoms with Gasteiger partial charge in [-0.05, 0) is 32.9 Å². The summed E-state index contributed by atoms with van der Waals surface area (Å²) in [5.74, 6) is 0.0166. The molecule has 0 saturated heterocycles. The Bertz CT molecular complexity index is 1050. The summed E-state index contributed by atoms with van der Waals surface area (Å²) >= 11 is 12.5. The molecule has 0 saturated carbocycles. The van der Waals surface area contributed by atoms with Crippen LogP contribution in [0.2, 0.25) is 10.0 Å². The molecule has 9 nitrogen and oxygen atoms in total. The van der Waals surface area contributed by atoms with E-state index in [4.69, 9.17) is 42.1 Å². The Kier molecular flexibility index (Phi) is 9.74. The molecular weight excluding hydrogens is 473 g/mol. The standard InChI is InChI=1S/C22H25Cl2N3O6/c1-6-32-15-8-9-16(33-7-2)21(19(15)24)25-22(29)20(12(3)28)27-26-14-11-17(30-4)13(23)10-18(14)31-5/h8-11,20H,6-7H2,1-5H3,(H,25,29). The maximum absolute atomic E-state index is 13.0. The van der Waals surface area contributed by atoms with Gasteiger partial charge in [0, 0.05) is 12.1 Å². The third-order valence-corrected chi connectivity index (χ3v) is 4.95. The minimum Gasteiger partial charge on any atom is -0.495 e. The summed E-state index contributed by atoms with van der Waals surface area (Å²) in [6.07, 6.45) is 0. The highest BCUT2D eigenvalue weighted by atomic mass is 35.5. The number of ketones is 1. The van der Waals surface area contributed by atoms with Crippen molar-refractivity contribution in [3.8, 4) is 23.0 Å². The number of hydrogen-bond donors (Lipinski definition) is 1. The fourth-order valence-corrected chi connectivity index (χ4v) is 3.24. The maximum Gasteiger partial charge on any atom is 0.258 e. The average Bonchev–Trinajstić information content (AvgIpc) is 2.78. The number of methoxy groups -OCH3 is 2. The van der Waals surface area contributed by atoms with Crippen molar-refractivity contribution in [2.24, 2.45) is 10.2 Å². The first-order valence-electron chi connectivity index (χ1n) is 9.99. The molecule has 0 fully saturated rings. The topological polar surface area (TPSA) is 108 Å². The van der Waals surface area contributed by atoms with E-state index in [1.165, 1.54) is 33.3 Å². The fraction of sp³-hybridized carbons (Fsp3) is 0.364. The van der Waals surface area contributed by atoms with Crippen molar-refractivity contribution in [3.05, 3.63) is 34.3 Å². The van der Waals surface area contributed by atoms with Gasteiger partial charge in [0.1, 0.15) is 39.4 Å². The Morgan fingerprint density at radius 2 is 1.58 bits per heavy atom. The number of carbonyl (C=O) groups is 2. The number of Topliss-reactive ketones (excluding diaryl/α,β-unsaturated/α-hetero) is 1. The maximum atomic E-state index is 13.0. The van der Waals surface area contributed by atoms with Crippen molar-refractivity contribution < 1.29 is 28.5 Å². The second-order valence-corrected chi connectivity index (χ2v) is 7.28. The van der Waals surface area contributed by atoms with E-state index in [1.54, 1.807) is 26.0 Å². The number of halogens is 2. The number of hydrogen-bond acceptors (Lipinski definition) is 8. The Morgan fingerprint density at radius 1 is 0.970 bits per heavy atom. The molecule has 2 aromatic rings. The van der Waals surface area contributed by atoms with Crippen LogP contribution in [0.25, 0.3) is 0 Å². The van der Waals surface area contributed by atoms with Crippen LogP contribution < -0.4 is 24.3 Å². The molecule has 0 aromatic heterocycles. The smallest absolute Gasteiger partial charge is 0.258 e. The predicted molar refractivity (Wildman–Crippen MR) is 126 cm³/mol. The van der Waals surface area contributed by atoms with E-state index in [-0.39, 0.29) is 16.4 Å². The highest BCUT2D eigenvalue weighted by molar-refractivity contribution is 6.36. The lowest BCUT2D eigenvalue weighted by molar-refractivity contribution is -0.126. The van der Waals surface area contributed by atoms with Crippen LogP contribution in [0.1, 0.15) is 20.8 Å². The first kappa shape index (κ1) is 26.2. The number of anilines is 1. The molecule has 0 aliphatic carbocycles. The molecule has 1 N–H and O–H groups in total. The van der Waals surface area contributed by atoms with Crippen LogP contribution in [-0.4, -0.2) is 45.2 Å². The molecule has 2 aromatic carbocycles. The molecule has 2 rings (SSSR count). The predicted octanol–water partition coefficient (Wildman–Crippen LogP) is 5.49. The minimum atomic E-state index is -1.46. The van der Waals surface area contributed by atoms with Crippen molar-refractivity contribution >= 4 is 46.3 Å². The zero-order chi connectivity index (χ0) is 24.5. The lowest BCUT2D eigenvalue weighted by Gasteiger charge is -2.17. The highest BCUT2D eigenvalue weighted by Crippen LogP contribution is 2.40. The third-order valence-electron chi connectivity index (χ3n) is 4.28. The Labute approximate surface area is 202 Å². The van der Waals surface area contributed by atoms with Gasteiger partial charge in [-0.1, -0.05) is 23.2 Å². The molecule has 0 spiro atoms. The molecule has 0 aliphatic heterocycles. The van der Waals surface area contributed by atoms with Gasteiger partial charge in [-0.2, -0.15) is 10.2 Å². The number of azo groups is 1. The van der Waals surface area contributed by atoms with Crippen LogP contribution in [0.3, 0.4) is 0 Å². The summed E-state index contributed by atoms with van der Waals surface area (Å²) in [6.45, 7) is 5.52. The number of nitrogens with one attached hydrogen (secondary N) is 1. The molecule has 0 radical (unpaired) electrons. The fourth-order valence-electron chi connectivity index (χ4n) is 2.75. The molecule has 1 amide bonds. The Morgan fingerprint density at radius 3 is 2.15 bits per heavy atom. The van der Waals surface area contributed by atoms with Crippen LogP contribution in [0.5, 0.6) is 23.0 Å². The van der Waals surface area contributed by atoms with E-state index in [1.807, 2.05) is 0 Å². The summed E-state index contributed by atoms with van der Waals surface area (Å²) in [5, 5.41) is 11.0. The Balaban J connectivity index is 2.39. The molecule has 0 aliphatic rings. The molecule has 0 bridgehead atoms. The van der Waals surface area contributed by atoms with E-state index in [0.717, 1.165) is 0 Å². The number of amides is 1. The van der Waals surface area contributed by atoms with Gasteiger partial charge in [0.2, 0.25) is 6.04 Å². The lowest BCUT2D eigenvalue weighted by atomic mass is 10.2. The van der Waals surface area contributed by atoms with Crippen molar-refractivity contribution in [2.75, 3.05) is 32.8 Å². The number of rotatable bonds is 11. The molecular formula is C22H25Cl2N3O6. The lowest BCUT2D eigenvalue weighted by Crippen LogP contribution is -2.32. The van der Waals surface area contributed by atoms with Gasteiger partial charge >= 0.3 is 0 Å². The van der Waals surface area contributed by atoms with Gasteiger partial charge in [0.15, 0.2) is 5.78 Å². The highest BCUT2D eigenvalue weighted by Gasteiger charge is 2.26. The van der Waals surface area contributed by atoms with Crippen LogP contribution in [0.15, 0.2) is 34.5 Å². The molecule has 0 heterocycles. The van der Waals surface area contributed by atoms with Crippen molar-refractivity contribution in [2.45, 2.75) is 26.8 Å². The van der Waals surface area contributed by atoms with E-state index in [2.05, 4.69) is 15.5 Å². The number of nitrogens with zero attached hydrogens (tertiary/aromatic N) is 2. The summed E-state index contributed by atoms with van der Waals surface area (Å²) in [7, 11) is 2.87. The largest absolute Gasteiger partial charge is 0.495 e. The van der Waals surface area contributed by atoms with Crippen LogP contribution >= 0.6 is 23.2 Å². The van der Waals surface area contributed by atoms with Crippen molar-refractivity contribution in [1.82, 2.24) is 0 Å². The monoisotopic (exact) mass is 497 g/mol. The van der Waals surface area contributed by atoms with Crippen LogP contribution in [-0.2, 0) is 9.59 Å². The van der Waals surface area contributed by atoms with Crippen molar-refractivity contribution in [3.63, 3.8) is 0 Å². The average molecular weight is 498 g/mol. The number of carbonyl (C=O) groups excluding carboxylic acids is 2. The number of ether oxygens (including phenoxy) is 4. The molecule has 1 atom stereocenters. The first-order chi connectivity index (χ1) is 15.8. The summed E-state index contributed by atoms with van der Waals surface area (Å²) < 4.78 is 21.4. The van der Waals surface area contributed by atoms with E-state index < -0.39 is 17.7 Å². The summed E-state index contributed by atoms with van der Waals surface area (Å²) in [5.41, 5.74) is 0.394. The Hall–Kier alpha value is -3.04. The van der Waals surface area contributed by atoms with Gasteiger partial charge in [-0.3, -0.25) is 9.59 Å². The number of benzene rings is 2. The molecule has 178 valence electrons. The zero-order valence-corrected chi connectivity index (χ0v) is 20.4. The van der Waals surface area contributed by atoms with Gasteiger partial charge in [-0.25, -0.2) is 0 Å². The van der Waals surface area contributed by atoms with E-state index in [9.17, 15) is 9.59 Å². The quantitative estimate of drug-likeness (QED) is 0.324. The zero-order valence-electron chi connectivity index (χ0n) is 18.9. The minimum absolute atomic E-state index is 0.138. The first-order valence-corrected chi connectivity index (χ1v) is 10.7. The summed E-state index contributed by atoms with van der Waals surface area (Å²) in [4.78, 5) is 25.2. The second kappa shape index (κ2) is 12.3. The third kappa shape index (κ3) is 6.49. The van der Waals surface area contributed by atoms with E-state index in [0.29, 0.717) is 41.2 Å². The van der Waals surface area contributed by atoms with E-state index >= 15 is 0 Å². The normalized spacial score (nSPS) is 11.7. The van der Waals surface area contributed by atoms with Crippen LogP contribution in [0.4, 0.5) is 11.4 Å². The molecule has 1 unspecified atom stereocenters. The van der Waals surface area contributed by atoms with Crippen molar-refractivity contribution in [1.29, 1.82) is 0 Å². The van der Waals surface area contributed by atoms with Gasteiger partial charge in [0.05, 0.1) is 32.5 Å². The second-order valence-electron chi connectivity index (χ2n) is 6.49. The molecule has 11 heteroatoms.